The Balaban J connectivity index is 2.47. The first-order chi connectivity index (χ1) is 8.67. The fraction of sp³-hybridized carbons (Fsp3) is 0.500. The molecule has 1 rings (SSSR count). The summed E-state index contributed by atoms with van der Waals surface area (Å²) < 4.78 is 0. The zero-order valence-electron chi connectivity index (χ0n) is 11.3. The number of hydrogen-bond donors (Lipinski definition) is 2. The Bertz CT molecular complexity index is 379. The first-order valence-electron chi connectivity index (χ1n) is 6.44. The van der Waals surface area contributed by atoms with Crippen LogP contribution < -0.4 is 11.1 Å². The van der Waals surface area contributed by atoms with Crippen molar-refractivity contribution in [3.05, 3.63) is 35.4 Å². The van der Waals surface area contributed by atoms with Crippen molar-refractivity contribution in [2.75, 3.05) is 13.6 Å². The average Bonchev–Trinajstić information content (AvgIpc) is 2.39. The number of carbonyl (C=O) groups excluding carboxylic acids is 1. The lowest BCUT2D eigenvalue weighted by molar-refractivity contribution is 0.207. The molecule has 0 aliphatic carbocycles. The van der Waals surface area contributed by atoms with E-state index in [-0.39, 0.29) is 6.03 Å². The van der Waals surface area contributed by atoms with Crippen LogP contribution >= 0.6 is 0 Å². The largest absolute Gasteiger partial charge is 0.338 e. The van der Waals surface area contributed by atoms with Gasteiger partial charge in [0.2, 0.25) is 0 Å². The monoisotopic (exact) mass is 249 g/mol. The summed E-state index contributed by atoms with van der Waals surface area (Å²) in [5, 5.41) is 2.89. The number of nitrogens with one attached hydrogen (secondary N) is 1. The van der Waals surface area contributed by atoms with E-state index < -0.39 is 0 Å². The minimum atomic E-state index is -0.0263. The van der Waals surface area contributed by atoms with E-state index in [0.29, 0.717) is 13.1 Å². The first-order valence-corrected chi connectivity index (χ1v) is 6.44. The van der Waals surface area contributed by atoms with E-state index in [1.165, 1.54) is 0 Å². The maximum Gasteiger partial charge on any atom is 0.317 e. The number of benzene rings is 1. The van der Waals surface area contributed by atoms with Crippen molar-refractivity contribution in [2.45, 2.75) is 32.9 Å². The van der Waals surface area contributed by atoms with Crippen LogP contribution in [0.15, 0.2) is 24.3 Å². The lowest BCUT2D eigenvalue weighted by Gasteiger charge is -2.18. The molecule has 1 aromatic rings. The molecular weight excluding hydrogens is 226 g/mol. The van der Waals surface area contributed by atoms with Crippen LogP contribution in [0.5, 0.6) is 0 Å². The van der Waals surface area contributed by atoms with Crippen molar-refractivity contribution < 1.29 is 4.79 Å². The summed E-state index contributed by atoms with van der Waals surface area (Å²) in [5.41, 5.74) is 7.79. The lowest BCUT2D eigenvalue weighted by Crippen LogP contribution is -2.37. The minimum Gasteiger partial charge on any atom is -0.338 e. The molecule has 4 nitrogen and oxygen atoms in total. The molecule has 0 aromatic heterocycles. The molecule has 0 saturated heterocycles. The quantitative estimate of drug-likeness (QED) is 0.758. The number of nitrogens with zero attached hydrogens (tertiary/aromatic N) is 1. The number of unbranched alkanes of at least 4 members (excludes halogenated alkanes) is 1. The lowest BCUT2D eigenvalue weighted by atomic mass is 10.1. The fourth-order valence-corrected chi connectivity index (χ4v) is 1.71. The van der Waals surface area contributed by atoms with Crippen LogP contribution in [0.4, 0.5) is 4.79 Å². The Labute approximate surface area is 109 Å². The zero-order chi connectivity index (χ0) is 13.4. The first kappa shape index (κ1) is 14.5. The third-order valence-corrected chi connectivity index (χ3v) is 2.80. The van der Waals surface area contributed by atoms with Crippen LogP contribution in [0.2, 0.25) is 0 Å². The molecule has 0 atom stereocenters. The summed E-state index contributed by atoms with van der Waals surface area (Å²) in [4.78, 5) is 13.5. The predicted molar refractivity (Wildman–Crippen MR) is 74.1 cm³/mol. The third-order valence-electron chi connectivity index (χ3n) is 2.80. The minimum absolute atomic E-state index is 0.0263. The van der Waals surface area contributed by atoms with Crippen molar-refractivity contribution in [1.82, 2.24) is 10.2 Å². The second-order valence-electron chi connectivity index (χ2n) is 4.47. The summed E-state index contributed by atoms with van der Waals surface area (Å²) in [6.45, 7) is 3.97. The van der Waals surface area contributed by atoms with Gasteiger partial charge >= 0.3 is 6.03 Å². The number of rotatable bonds is 6. The fourth-order valence-electron chi connectivity index (χ4n) is 1.71. The smallest absolute Gasteiger partial charge is 0.317 e. The van der Waals surface area contributed by atoms with Crippen molar-refractivity contribution in [3.8, 4) is 0 Å². The molecule has 4 heteroatoms. The van der Waals surface area contributed by atoms with Gasteiger partial charge in [-0.1, -0.05) is 37.6 Å². The second kappa shape index (κ2) is 7.71. The highest BCUT2D eigenvalue weighted by Crippen LogP contribution is 2.07. The van der Waals surface area contributed by atoms with Gasteiger partial charge < -0.3 is 16.0 Å². The third kappa shape index (κ3) is 4.75. The number of amides is 2. The molecule has 0 unspecified atom stereocenters. The molecule has 0 aliphatic rings. The molecule has 0 saturated carbocycles. The van der Waals surface area contributed by atoms with E-state index in [1.807, 2.05) is 24.3 Å². The van der Waals surface area contributed by atoms with E-state index in [0.717, 1.165) is 30.5 Å². The molecule has 0 radical (unpaired) electrons. The van der Waals surface area contributed by atoms with Gasteiger partial charge in [-0.3, -0.25) is 0 Å². The van der Waals surface area contributed by atoms with Crippen LogP contribution in [-0.2, 0) is 13.1 Å². The standard InChI is InChI=1S/C14H23N3O/c1-3-4-8-16-14(18)17(2)11-13-7-5-6-12(9-13)10-15/h5-7,9H,3-4,8,10-11,15H2,1-2H3,(H,16,18). The normalized spacial score (nSPS) is 10.2. The van der Waals surface area contributed by atoms with Gasteiger partial charge in [0.15, 0.2) is 0 Å². The number of carbonyl (C=O) groups is 1. The second-order valence-corrected chi connectivity index (χ2v) is 4.47. The number of urea groups is 1. The van der Waals surface area contributed by atoms with Crippen LogP contribution in [0.3, 0.4) is 0 Å². The number of hydrogen-bond acceptors (Lipinski definition) is 2. The van der Waals surface area contributed by atoms with Crippen LogP contribution in [0.25, 0.3) is 0 Å². The van der Waals surface area contributed by atoms with Gasteiger partial charge in [0.05, 0.1) is 0 Å². The average molecular weight is 249 g/mol. The Hall–Kier alpha value is -1.55. The van der Waals surface area contributed by atoms with E-state index in [1.54, 1.807) is 11.9 Å². The highest BCUT2D eigenvalue weighted by atomic mass is 16.2. The molecule has 0 spiro atoms. The number of nitrogens with two attached hydrogens (primary N) is 1. The molecule has 100 valence electrons. The summed E-state index contributed by atoms with van der Waals surface area (Å²) in [6, 6.07) is 7.98. The highest BCUT2D eigenvalue weighted by Gasteiger charge is 2.08. The predicted octanol–water partition coefficient (Wildman–Crippen LogP) is 2.09. The Morgan fingerprint density at radius 3 is 2.78 bits per heavy atom. The van der Waals surface area contributed by atoms with Gasteiger partial charge in [0.1, 0.15) is 0 Å². The van der Waals surface area contributed by atoms with Crippen LogP contribution in [0, 0.1) is 0 Å². The van der Waals surface area contributed by atoms with E-state index >= 15 is 0 Å². The van der Waals surface area contributed by atoms with Gasteiger partial charge in [0.25, 0.3) is 0 Å². The van der Waals surface area contributed by atoms with Gasteiger partial charge in [0, 0.05) is 26.7 Å². The van der Waals surface area contributed by atoms with Gasteiger partial charge in [-0.05, 0) is 17.5 Å². The Kier molecular flexibility index (Phi) is 6.22. The van der Waals surface area contributed by atoms with Gasteiger partial charge in [-0.25, -0.2) is 4.79 Å². The molecule has 0 heterocycles. The summed E-state index contributed by atoms with van der Waals surface area (Å²) >= 11 is 0. The molecular formula is C14H23N3O. The molecule has 0 bridgehead atoms. The molecule has 0 aliphatic heterocycles. The highest BCUT2D eigenvalue weighted by molar-refractivity contribution is 5.73. The molecule has 18 heavy (non-hydrogen) atoms. The zero-order valence-corrected chi connectivity index (χ0v) is 11.3. The van der Waals surface area contributed by atoms with E-state index in [9.17, 15) is 4.79 Å². The molecule has 3 N–H and O–H groups in total. The Morgan fingerprint density at radius 1 is 1.39 bits per heavy atom. The van der Waals surface area contributed by atoms with Crippen molar-refractivity contribution in [1.29, 1.82) is 0 Å². The molecule has 1 aromatic carbocycles. The van der Waals surface area contributed by atoms with E-state index in [4.69, 9.17) is 5.73 Å². The SMILES string of the molecule is CCCCNC(=O)N(C)Cc1cccc(CN)c1. The summed E-state index contributed by atoms with van der Waals surface area (Å²) in [6.07, 6.45) is 2.10. The van der Waals surface area contributed by atoms with Crippen molar-refractivity contribution in [3.63, 3.8) is 0 Å². The molecule has 0 fully saturated rings. The Morgan fingerprint density at radius 2 is 2.11 bits per heavy atom. The van der Waals surface area contributed by atoms with Crippen molar-refractivity contribution >= 4 is 6.03 Å². The van der Waals surface area contributed by atoms with Crippen molar-refractivity contribution in [2.24, 2.45) is 5.73 Å². The maximum atomic E-state index is 11.8. The van der Waals surface area contributed by atoms with Crippen LogP contribution in [0.1, 0.15) is 30.9 Å². The van der Waals surface area contributed by atoms with E-state index in [2.05, 4.69) is 12.2 Å². The van der Waals surface area contributed by atoms with Crippen LogP contribution in [-0.4, -0.2) is 24.5 Å². The summed E-state index contributed by atoms with van der Waals surface area (Å²) in [7, 11) is 1.80. The van der Waals surface area contributed by atoms with Gasteiger partial charge in [-0.2, -0.15) is 0 Å². The maximum absolute atomic E-state index is 11.8. The van der Waals surface area contributed by atoms with Gasteiger partial charge in [-0.15, -0.1) is 0 Å². The topological polar surface area (TPSA) is 58.4 Å². The molecule has 2 amide bonds. The summed E-state index contributed by atoms with van der Waals surface area (Å²) in [5.74, 6) is 0.